The molecule has 18 aromatic rings. The monoisotopic (exact) mass is 2820 g/mol. The number of halogens is 14. The van der Waals surface area contributed by atoms with Crippen LogP contribution in [0.2, 0.25) is 0 Å². The van der Waals surface area contributed by atoms with Crippen LogP contribution < -0.4 is 95.5 Å². The van der Waals surface area contributed by atoms with Gasteiger partial charge in [-0.05, 0) is 132 Å². The zero-order valence-electron chi connectivity index (χ0n) is 71.8. The zero-order valence-corrected chi connectivity index (χ0v) is 92.1. The van der Waals surface area contributed by atoms with Gasteiger partial charge < -0.3 is 27.0 Å². The van der Waals surface area contributed by atoms with Gasteiger partial charge >= 0.3 is 170 Å². The summed E-state index contributed by atoms with van der Waals surface area (Å²) in [5.74, 6) is 0. The van der Waals surface area contributed by atoms with Crippen molar-refractivity contribution < 1.29 is 154 Å². The van der Waals surface area contributed by atoms with Crippen molar-refractivity contribution >= 4 is 209 Å². The van der Waals surface area contributed by atoms with Crippen LogP contribution in [0.5, 0.6) is 0 Å². The SMILES string of the molecule is ClCCl.F[P-](F)(F)(F)(F)F.F[P-](F)(F)(F)(F)F.[Au+].[Au+].[Fe+2].[Pt+2].[Pt+2].[S-2].[S-2].c1ccc(P(c2ccccc2)c2ccc[cH-]2)cc1.c1ccc(P(c2ccccc2)c2ccc[cH-]2)cc1.c1ccc(P(c2ccccc2)c2ccccc2)cc1.c1ccc(P(c2ccccc2)c2ccccc2)cc1.c1ccc(P(c2ccccc2)c2ccccc2)cc1.c1ccc(P(c2ccccc2)c2ccccc2)cc1. The number of hydrogen-bond donors (Lipinski definition) is 0. The van der Waals surface area contributed by atoms with Crippen molar-refractivity contribution in [2.24, 2.45) is 0 Å². The van der Waals surface area contributed by atoms with E-state index in [1.807, 2.05) is 0 Å². The average Bonchev–Trinajstić information content (AvgIpc) is 1.10. The summed E-state index contributed by atoms with van der Waals surface area (Å²) in [6, 6.07) is 190. The second kappa shape index (κ2) is 61.3. The topological polar surface area (TPSA) is 0 Å². The standard InChI is InChI=1S/4C18H15P.2C17H14P.CH2Cl2.2Au.2F6P.Fe.2Pt.2S/c4*1-4-10-16(11-5-1)19(17-12-6-2-7-13-17)18-14-8-3-9-15-18;2*1-3-9-15(10-4-1)18(17-13-7-8-14-17)16-11-5-2-6-12-16;2-1-3;;;2*1-7(2,3,4,5)6;;;;;/h4*1-15H;2*1-14H;1H2;;;;;;;;;/q;;;;2*-1;;2*+1;2*-1;3*+2;2*-2. The van der Waals surface area contributed by atoms with Gasteiger partial charge in [-0.3, -0.25) is 0 Å². The molecule has 0 unspecified atom stereocenters. The van der Waals surface area contributed by atoms with Gasteiger partial charge in [0.2, 0.25) is 0 Å². The fraction of sp³-hybridized carbons (Fsp3) is 0.00935. The third-order valence-electron chi connectivity index (χ3n) is 18.0. The Morgan fingerprint density at radius 1 is 0.169 bits per heavy atom. The fourth-order valence-electron chi connectivity index (χ4n) is 12.9. The summed E-state index contributed by atoms with van der Waals surface area (Å²) < 4.78 is 118. The van der Waals surface area contributed by atoms with E-state index in [9.17, 15) is 50.4 Å². The zero-order chi connectivity index (χ0) is 91.6. The Morgan fingerprint density at radius 2 is 0.250 bits per heavy atom. The van der Waals surface area contributed by atoms with Crippen LogP contribution in [0.3, 0.4) is 0 Å². The normalized spacial score (nSPS) is 11.3. The maximum absolute atomic E-state index is 10.7. The molecule has 136 heavy (non-hydrogen) atoms. The van der Waals surface area contributed by atoms with Crippen LogP contribution >= 0.6 is 86.3 Å². The molecule has 18 aromatic carbocycles. The van der Waals surface area contributed by atoms with Gasteiger partial charge in [0, 0.05) is 0 Å². The molecule has 0 aliphatic rings. The molecule has 718 valence electrons. The van der Waals surface area contributed by atoms with E-state index in [-0.39, 0.29) is 136 Å². The van der Waals surface area contributed by atoms with Gasteiger partial charge in [0.25, 0.3) is 0 Å². The van der Waals surface area contributed by atoms with Crippen molar-refractivity contribution in [1.29, 1.82) is 0 Å². The Hall–Kier alpha value is -6.52. The smallest absolute Gasteiger partial charge is 2.00 e. The maximum Gasteiger partial charge on any atom is 2.00 e. The molecule has 0 saturated carbocycles. The van der Waals surface area contributed by atoms with E-state index in [1.54, 1.807) is 0 Å². The third-order valence-corrected chi connectivity index (χ3v) is 32.7. The third kappa shape index (κ3) is 47.4. The summed E-state index contributed by atoms with van der Waals surface area (Å²) in [4.78, 5) is 0. The molecular weight excluding hydrogens is 2740 g/mol. The molecular formula is C107H90Au2Cl2F12FeP8Pt2S2. The van der Waals surface area contributed by atoms with Gasteiger partial charge in [-0.2, -0.15) is 24.3 Å². The van der Waals surface area contributed by atoms with E-state index in [1.165, 1.54) is 95.5 Å². The molecule has 0 bridgehead atoms. The second-order valence-electron chi connectivity index (χ2n) is 27.7. The van der Waals surface area contributed by atoms with Gasteiger partial charge in [-0.25, -0.2) is 24.3 Å². The first-order chi connectivity index (χ1) is 62.0. The first-order valence-electron chi connectivity index (χ1n) is 40.3. The van der Waals surface area contributed by atoms with Crippen molar-refractivity contribution in [3.63, 3.8) is 0 Å². The molecule has 0 spiro atoms. The van der Waals surface area contributed by atoms with Gasteiger partial charge in [-0.15, -0.1) is 33.8 Å². The van der Waals surface area contributed by atoms with Crippen molar-refractivity contribution in [3.8, 4) is 0 Å². The minimum atomic E-state index is -10.7. The molecule has 0 amide bonds. The summed E-state index contributed by atoms with van der Waals surface area (Å²) in [5.41, 5.74) is 0. The Kier molecular flexibility index (Phi) is 55.8. The molecule has 0 aliphatic heterocycles. The van der Waals surface area contributed by atoms with Gasteiger partial charge in [-0.1, -0.05) is 485 Å². The maximum atomic E-state index is 9.87. The van der Waals surface area contributed by atoms with Crippen LogP contribution in [0, 0.1) is 0 Å². The first kappa shape index (κ1) is 124. The molecule has 29 heteroatoms. The van der Waals surface area contributed by atoms with Gasteiger partial charge in [0.15, 0.2) is 0 Å². The molecule has 0 nitrogen and oxygen atoms in total. The fourth-order valence-corrected chi connectivity index (χ4v) is 26.8. The Morgan fingerprint density at radius 3 is 0.324 bits per heavy atom. The van der Waals surface area contributed by atoms with Crippen LogP contribution in [-0.2, 0) is 131 Å². The van der Waals surface area contributed by atoms with E-state index >= 15 is 0 Å². The van der Waals surface area contributed by atoms with E-state index in [4.69, 9.17) is 23.2 Å². The minimum Gasteiger partial charge on any atom is -2.00 e. The molecule has 0 N–H and O–H groups in total. The molecule has 18 rings (SSSR count). The average molecular weight is 2830 g/mol. The Balaban J connectivity index is 0.000000402. The van der Waals surface area contributed by atoms with E-state index in [0.29, 0.717) is 0 Å². The Labute approximate surface area is 892 Å². The largest absolute Gasteiger partial charge is 2.00 e. The van der Waals surface area contributed by atoms with Crippen LogP contribution in [0.15, 0.2) is 534 Å². The van der Waals surface area contributed by atoms with E-state index in [0.717, 1.165) is 0 Å². The van der Waals surface area contributed by atoms with Gasteiger partial charge in [0.05, 0.1) is 5.34 Å². The summed E-state index contributed by atoms with van der Waals surface area (Å²) in [7, 11) is -23.9. The number of hydrogen-bond acceptors (Lipinski definition) is 0. The number of rotatable bonds is 18. The number of benzene rings is 16. The predicted molar refractivity (Wildman–Crippen MR) is 561 cm³/mol. The van der Waals surface area contributed by atoms with Crippen molar-refractivity contribution in [3.05, 3.63) is 534 Å². The molecule has 0 saturated heterocycles. The minimum absolute atomic E-state index is 0. The molecule has 0 radical (unpaired) electrons. The molecule has 0 fully saturated rings. The van der Waals surface area contributed by atoms with Crippen molar-refractivity contribution in [2.75, 3.05) is 5.34 Å². The van der Waals surface area contributed by atoms with Crippen LogP contribution in [0.4, 0.5) is 50.4 Å². The summed E-state index contributed by atoms with van der Waals surface area (Å²) in [6.07, 6.45) is 0. The summed E-state index contributed by atoms with van der Waals surface area (Å²) in [6.45, 7) is 0. The van der Waals surface area contributed by atoms with Crippen LogP contribution in [0.1, 0.15) is 0 Å². The summed E-state index contributed by atoms with van der Waals surface area (Å²) in [5, 5.41) is 25.4. The Bertz CT molecular complexity index is 5010. The van der Waals surface area contributed by atoms with Crippen molar-refractivity contribution in [2.45, 2.75) is 0 Å². The van der Waals surface area contributed by atoms with Gasteiger partial charge in [0.1, 0.15) is 0 Å². The number of alkyl halides is 2. The molecule has 0 aromatic heterocycles. The second-order valence-corrected chi connectivity index (χ2v) is 45.6. The molecule has 0 atom stereocenters. The predicted octanol–water partition coefficient (Wildman–Crippen LogP) is 28.3. The van der Waals surface area contributed by atoms with Crippen LogP contribution in [0.25, 0.3) is 0 Å². The quantitative estimate of drug-likeness (QED) is 0.0264. The van der Waals surface area contributed by atoms with Crippen LogP contribution in [-0.4, -0.2) is 5.34 Å². The van der Waals surface area contributed by atoms with E-state index < -0.39 is 63.1 Å². The van der Waals surface area contributed by atoms with Crippen molar-refractivity contribution in [1.82, 2.24) is 0 Å². The van der Waals surface area contributed by atoms with E-state index in [2.05, 4.69) is 534 Å². The first-order valence-corrected chi connectivity index (χ1v) is 53.5. The summed E-state index contributed by atoms with van der Waals surface area (Å²) >= 11 is 9.53. The molecule has 0 aliphatic carbocycles. The molecule has 0 heterocycles.